The minimum Gasteiger partial charge on any atom is -0.349 e. The molecular formula is C16H16BrFN4O2S2. The van der Waals surface area contributed by atoms with Crippen molar-refractivity contribution in [3.05, 3.63) is 44.6 Å². The summed E-state index contributed by atoms with van der Waals surface area (Å²) in [7, 11) is 0. The average Bonchev–Trinajstić information content (AvgIpc) is 3.24. The van der Waals surface area contributed by atoms with E-state index in [-0.39, 0.29) is 11.6 Å². The fraction of sp³-hybridized carbons (Fsp3) is 0.312. The number of nitrogens with one attached hydrogen (secondary N) is 2. The zero-order chi connectivity index (χ0) is 18.7. The van der Waals surface area contributed by atoms with E-state index < -0.39 is 17.9 Å². The average molecular weight is 459 g/mol. The van der Waals surface area contributed by atoms with Crippen LogP contribution in [0.15, 0.2) is 28.1 Å². The first kappa shape index (κ1) is 19.1. The van der Waals surface area contributed by atoms with E-state index in [1.165, 1.54) is 40.1 Å². The molecule has 0 unspecified atom stereocenters. The van der Waals surface area contributed by atoms with Crippen LogP contribution in [0.4, 0.5) is 14.9 Å². The first-order valence-electron chi connectivity index (χ1n) is 7.73. The number of halogens is 2. The van der Waals surface area contributed by atoms with Gasteiger partial charge in [-0.15, -0.1) is 23.1 Å². The molecular weight excluding hydrogens is 443 g/mol. The monoisotopic (exact) mass is 458 g/mol. The number of aromatic nitrogens is 1. The fourth-order valence-electron chi connectivity index (χ4n) is 2.42. The number of carbonyl (C=O) groups is 2. The third-order valence-electron chi connectivity index (χ3n) is 3.73. The van der Waals surface area contributed by atoms with Crippen LogP contribution in [0.1, 0.15) is 10.7 Å². The number of hydrogen-bond donors (Lipinski definition) is 2. The lowest BCUT2D eigenvalue weighted by molar-refractivity contribution is -0.124. The highest BCUT2D eigenvalue weighted by Crippen LogP contribution is 2.24. The van der Waals surface area contributed by atoms with Crippen molar-refractivity contribution in [1.29, 1.82) is 0 Å². The van der Waals surface area contributed by atoms with E-state index >= 15 is 0 Å². The normalized spacial score (nSPS) is 16.6. The molecule has 3 amide bonds. The van der Waals surface area contributed by atoms with Gasteiger partial charge in [-0.3, -0.25) is 4.79 Å². The Hall–Kier alpha value is -1.65. The van der Waals surface area contributed by atoms with Crippen LogP contribution in [0.5, 0.6) is 0 Å². The third kappa shape index (κ3) is 4.54. The van der Waals surface area contributed by atoms with Gasteiger partial charge in [0.2, 0.25) is 5.91 Å². The second kappa shape index (κ2) is 8.36. The molecule has 0 bridgehead atoms. The molecule has 0 spiro atoms. The van der Waals surface area contributed by atoms with Crippen molar-refractivity contribution in [3.8, 4) is 0 Å². The van der Waals surface area contributed by atoms with Crippen molar-refractivity contribution in [2.24, 2.45) is 0 Å². The van der Waals surface area contributed by atoms with Gasteiger partial charge in [-0.05, 0) is 25.1 Å². The minimum absolute atomic E-state index is 0.0761. The highest BCUT2D eigenvalue weighted by Gasteiger charge is 2.34. The molecule has 0 aliphatic carbocycles. The highest BCUT2D eigenvalue weighted by atomic mass is 79.9. The predicted octanol–water partition coefficient (Wildman–Crippen LogP) is 3.58. The zero-order valence-electron chi connectivity index (χ0n) is 13.8. The minimum atomic E-state index is -0.599. The Morgan fingerprint density at radius 3 is 2.96 bits per heavy atom. The Kier molecular flexibility index (Phi) is 6.15. The summed E-state index contributed by atoms with van der Waals surface area (Å²) in [6.45, 7) is 2.22. The van der Waals surface area contributed by atoms with Gasteiger partial charge in [-0.25, -0.2) is 14.2 Å². The quantitative estimate of drug-likeness (QED) is 0.733. The van der Waals surface area contributed by atoms with Gasteiger partial charge in [0.25, 0.3) is 0 Å². The van der Waals surface area contributed by atoms with E-state index in [2.05, 4.69) is 31.5 Å². The van der Waals surface area contributed by atoms with Crippen molar-refractivity contribution >= 4 is 56.7 Å². The molecule has 1 aliphatic rings. The third-order valence-corrected chi connectivity index (χ3v) is 6.06. The number of anilines is 1. The first-order chi connectivity index (χ1) is 12.4. The van der Waals surface area contributed by atoms with Crippen LogP contribution < -0.4 is 10.6 Å². The molecule has 2 aromatic rings. The zero-order valence-corrected chi connectivity index (χ0v) is 17.0. The highest BCUT2D eigenvalue weighted by molar-refractivity contribution is 9.10. The van der Waals surface area contributed by atoms with Crippen LogP contribution in [0.25, 0.3) is 0 Å². The number of aryl methyl sites for hydroxylation is 1. The van der Waals surface area contributed by atoms with Gasteiger partial charge in [-0.1, -0.05) is 15.9 Å². The lowest BCUT2D eigenvalue weighted by Crippen LogP contribution is -2.48. The van der Waals surface area contributed by atoms with E-state index in [1.54, 1.807) is 6.07 Å². The van der Waals surface area contributed by atoms with Crippen LogP contribution in [0, 0.1) is 12.7 Å². The number of amides is 3. The molecule has 10 heteroatoms. The van der Waals surface area contributed by atoms with E-state index in [1.807, 2.05) is 12.3 Å². The molecule has 1 aromatic heterocycles. The maximum absolute atomic E-state index is 13.9. The van der Waals surface area contributed by atoms with Crippen molar-refractivity contribution in [2.45, 2.75) is 19.5 Å². The van der Waals surface area contributed by atoms with E-state index in [0.717, 1.165) is 10.7 Å². The second-order valence-corrected chi connectivity index (χ2v) is 8.59. The Labute approximate surface area is 166 Å². The van der Waals surface area contributed by atoms with E-state index in [4.69, 9.17) is 0 Å². The number of urea groups is 1. The summed E-state index contributed by atoms with van der Waals surface area (Å²) >= 11 is 6.17. The van der Waals surface area contributed by atoms with Crippen LogP contribution in [0.3, 0.4) is 0 Å². The van der Waals surface area contributed by atoms with Crippen LogP contribution in [-0.4, -0.2) is 39.5 Å². The first-order valence-corrected chi connectivity index (χ1v) is 10.6. The molecule has 1 atom stereocenters. The van der Waals surface area contributed by atoms with Gasteiger partial charge in [0.15, 0.2) is 0 Å². The number of benzene rings is 1. The molecule has 1 aromatic carbocycles. The van der Waals surface area contributed by atoms with Gasteiger partial charge in [0.1, 0.15) is 11.9 Å². The fourth-order valence-corrected chi connectivity index (χ4v) is 4.52. The number of rotatable bonds is 4. The molecule has 0 radical (unpaired) electrons. The molecule has 1 aliphatic heterocycles. The maximum atomic E-state index is 13.9. The smallest absolute Gasteiger partial charge is 0.323 e. The maximum Gasteiger partial charge on any atom is 0.323 e. The lowest BCUT2D eigenvalue weighted by Gasteiger charge is -2.23. The van der Waals surface area contributed by atoms with Gasteiger partial charge in [0.05, 0.1) is 28.8 Å². The molecule has 138 valence electrons. The molecule has 1 fully saturated rings. The largest absolute Gasteiger partial charge is 0.349 e. The van der Waals surface area contributed by atoms with Crippen molar-refractivity contribution in [3.63, 3.8) is 0 Å². The second-order valence-electron chi connectivity index (χ2n) is 5.62. The van der Waals surface area contributed by atoms with E-state index in [9.17, 15) is 14.0 Å². The van der Waals surface area contributed by atoms with Crippen molar-refractivity contribution < 1.29 is 14.0 Å². The Morgan fingerprint density at radius 1 is 1.46 bits per heavy atom. The number of carbonyl (C=O) groups excluding carboxylic acids is 2. The Balaban J connectivity index is 1.61. The molecule has 6 nitrogen and oxygen atoms in total. The summed E-state index contributed by atoms with van der Waals surface area (Å²) in [5.74, 6) is 0.0855. The summed E-state index contributed by atoms with van der Waals surface area (Å²) < 4.78 is 14.5. The molecule has 2 N–H and O–H groups in total. The molecule has 0 saturated carbocycles. The number of hydrogen-bond acceptors (Lipinski definition) is 5. The predicted molar refractivity (Wildman–Crippen MR) is 105 cm³/mol. The summed E-state index contributed by atoms with van der Waals surface area (Å²) in [6, 6.07) is 3.28. The molecule has 3 rings (SSSR count). The number of nitrogens with zero attached hydrogens (tertiary/aromatic N) is 2. The SMILES string of the molecule is Cc1nc(CNC(=O)[C@H]2CSCN2C(=O)Nc2ccc(Br)cc2F)cs1. The van der Waals surface area contributed by atoms with Crippen molar-refractivity contribution in [1.82, 2.24) is 15.2 Å². The van der Waals surface area contributed by atoms with Gasteiger partial charge >= 0.3 is 6.03 Å². The van der Waals surface area contributed by atoms with Gasteiger partial charge in [-0.2, -0.15) is 0 Å². The Morgan fingerprint density at radius 2 is 2.27 bits per heavy atom. The number of thiazole rings is 1. The van der Waals surface area contributed by atoms with Crippen LogP contribution >= 0.6 is 39.0 Å². The summed E-state index contributed by atoms with van der Waals surface area (Å²) in [4.78, 5) is 30.6. The molecule has 1 saturated heterocycles. The Bertz CT molecular complexity index is 832. The molecule has 26 heavy (non-hydrogen) atoms. The lowest BCUT2D eigenvalue weighted by atomic mass is 10.2. The summed E-state index contributed by atoms with van der Waals surface area (Å²) in [5, 5.41) is 8.16. The van der Waals surface area contributed by atoms with E-state index in [0.29, 0.717) is 22.6 Å². The van der Waals surface area contributed by atoms with Crippen LogP contribution in [-0.2, 0) is 11.3 Å². The van der Waals surface area contributed by atoms with Gasteiger partial charge in [0, 0.05) is 15.6 Å². The van der Waals surface area contributed by atoms with Crippen molar-refractivity contribution in [2.75, 3.05) is 16.9 Å². The van der Waals surface area contributed by atoms with Crippen LogP contribution in [0.2, 0.25) is 0 Å². The molecule has 2 heterocycles. The standard InChI is InChI=1S/C16H16BrFN4O2S2/c1-9-20-11(6-26-9)5-19-15(23)14-7-25-8-22(14)16(24)21-13-3-2-10(17)4-12(13)18/h2-4,6,14H,5,7-8H2,1H3,(H,19,23)(H,21,24)/t14-/m1/s1. The summed E-state index contributed by atoms with van der Waals surface area (Å²) in [5.41, 5.74) is 0.867. The topological polar surface area (TPSA) is 74.3 Å². The van der Waals surface area contributed by atoms with Gasteiger partial charge < -0.3 is 15.5 Å². The summed E-state index contributed by atoms with van der Waals surface area (Å²) in [6.07, 6.45) is 0. The number of thioether (sulfide) groups is 1.